The Hall–Kier alpha value is -1.77. The molecular formula is C15H16N4O4S3. The Balaban J connectivity index is 1.54. The first kappa shape index (κ1) is 19.0. The summed E-state index contributed by atoms with van der Waals surface area (Å²) in [6, 6.07) is 1.99. The van der Waals surface area contributed by atoms with Gasteiger partial charge in [-0.15, -0.1) is 21.5 Å². The molecule has 0 spiro atoms. The average molecular weight is 413 g/mol. The summed E-state index contributed by atoms with van der Waals surface area (Å²) in [4.78, 5) is 16.5. The minimum Gasteiger partial charge on any atom is -0.416 e. The smallest absolute Gasteiger partial charge is 0.277 e. The van der Waals surface area contributed by atoms with Crippen molar-refractivity contribution in [3.8, 4) is 6.07 Å². The molecule has 1 saturated heterocycles. The lowest BCUT2D eigenvalue weighted by atomic mass is 10.1. The van der Waals surface area contributed by atoms with E-state index in [4.69, 9.17) is 4.42 Å². The maximum absolute atomic E-state index is 12.3. The van der Waals surface area contributed by atoms with Crippen LogP contribution in [-0.2, 0) is 21.1 Å². The van der Waals surface area contributed by atoms with Gasteiger partial charge in [0.1, 0.15) is 5.01 Å². The van der Waals surface area contributed by atoms with E-state index in [1.165, 1.54) is 11.3 Å². The van der Waals surface area contributed by atoms with Crippen molar-refractivity contribution < 1.29 is 17.6 Å². The Labute approximate surface area is 158 Å². The summed E-state index contributed by atoms with van der Waals surface area (Å²) in [7, 11) is -2.94. The lowest BCUT2D eigenvalue weighted by Gasteiger charge is -2.03. The lowest BCUT2D eigenvalue weighted by Crippen LogP contribution is -2.13. The van der Waals surface area contributed by atoms with Gasteiger partial charge in [0.25, 0.3) is 5.22 Å². The third kappa shape index (κ3) is 4.69. The van der Waals surface area contributed by atoms with Gasteiger partial charge in [0.2, 0.25) is 5.89 Å². The Bertz CT molecular complexity index is 944. The van der Waals surface area contributed by atoms with Crippen molar-refractivity contribution in [1.82, 2.24) is 15.2 Å². The number of carbonyl (C=O) groups is 1. The normalized spacial score (nSPS) is 19.9. The molecule has 0 amide bonds. The number of hydrogen-bond acceptors (Lipinski definition) is 10. The standard InChI is InChI=1S/C15H16N4O4S3/c1-9-6-24-14(17-9)11(5-16)12(20)7-25-15-19-18-13(23-15)4-10-2-3-26(21,22)8-10/h6,10-11H,2-4,7-8H2,1H3. The van der Waals surface area contributed by atoms with E-state index in [0.717, 1.165) is 17.5 Å². The first-order chi connectivity index (χ1) is 12.4. The molecule has 0 aromatic carbocycles. The van der Waals surface area contributed by atoms with Crippen molar-refractivity contribution in [3.05, 3.63) is 22.0 Å². The van der Waals surface area contributed by atoms with Crippen LogP contribution in [0.2, 0.25) is 0 Å². The van der Waals surface area contributed by atoms with Gasteiger partial charge in [-0.1, -0.05) is 11.8 Å². The van der Waals surface area contributed by atoms with Crippen molar-refractivity contribution in [1.29, 1.82) is 5.26 Å². The van der Waals surface area contributed by atoms with Crippen LogP contribution in [0.3, 0.4) is 0 Å². The van der Waals surface area contributed by atoms with Crippen LogP contribution < -0.4 is 0 Å². The summed E-state index contributed by atoms with van der Waals surface area (Å²) in [6.07, 6.45) is 1.02. The average Bonchev–Trinajstić information content (AvgIpc) is 3.28. The van der Waals surface area contributed by atoms with Crippen LogP contribution in [-0.4, -0.2) is 46.6 Å². The van der Waals surface area contributed by atoms with E-state index >= 15 is 0 Å². The van der Waals surface area contributed by atoms with Gasteiger partial charge in [0.15, 0.2) is 21.5 Å². The molecule has 2 unspecified atom stereocenters. The minimum absolute atomic E-state index is 0.00366. The van der Waals surface area contributed by atoms with E-state index in [0.29, 0.717) is 23.7 Å². The Morgan fingerprint density at radius 3 is 2.96 bits per heavy atom. The number of nitrogens with zero attached hydrogens (tertiary/aromatic N) is 4. The van der Waals surface area contributed by atoms with Crippen LogP contribution in [0.25, 0.3) is 0 Å². The highest BCUT2D eigenvalue weighted by molar-refractivity contribution is 7.99. The van der Waals surface area contributed by atoms with E-state index in [9.17, 15) is 18.5 Å². The van der Waals surface area contributed by atoms with Crippen molar-refractivity contribution in [2.75, 3.05) is 17.3 Å². The monoisotopic (exact) mass is 412 g/mol. The van der Waals surface area contributed by atoms with Crippen LogP contribution in [0, 0.1) is 24.2 Å². The van der Waals surface area contributed by atoms with Gasteiger partial charge in [0, 0.05) is 17.5 Å². The molecular weight excluding hydrogens is 396 g/mol. The molecule has 0 bridgehead atoms. The van der Waals surface area contributed by atoms with Gasteiger partial charge in [0.05, 0.1) is 23.3 Å². The lowest BCUT2D eigenvalue weighted by molar-refractivity contribution is -0.116. The molecule has 0 saturated carbocycles. The number of nitriles is 1. The molecule has 0 aliphatic carbocycles. The maximum atomic E-state index is 12.3. The predicted octanol–water partition coefficient (Wildman–Crippen LogP) is 1.78. The van der Waals surface area contributed by atoms with Crippen LogP contribution >= 0.6 is 23.1 Å². The molecule has 2 aromatic rings. The Morgan fingerprint density at radius 1 is 1.54 bits per heavy atom. The number of Topliss-reactive ketones (excluding diaryl/α,β-unsaturated/α-hetero) is 1. The van der Waals surface area contributed by atoms with E-state index in [1.807, 2.05) is 13.0 Å². The number of aromatic nitrogens is 3. The summed E-state index contributed by atoms with van der Waals surface area (Å²) in [5.41, 5.74) is 0.779. The number of rotatable bonds is 7. The zero-order chi connectivity index (χ0) is 18.7. The number of thiazole rings is 1. The van der Waals surface area contributed by atoms with E-state index in [2.05, 4.69) is 15.2 Å². The van der Waals surface area contributed by atoms with Crippen LogP contribution in [0.4, 0.5) is 0 Å². The quantitative estimate of drug-likeness (QED) is 0.625. The van der Waals surface area contributed by atoms with Crippen molar-refractivity contribution in [2.45, 2.75) is 30.9 Å². The Kier molecular flexibility index (Phi) is 5.74. The largest absolute Gasteiger partial charge is 0.416 e. The molecule has 138 valence electrons. The number of sulfone groups is 1. The van der Waals surface area contributed by atoms with E-state index in [-0.39, 0.29) is 34.2 Å². The zero-order valence-corrected chi connectivity index (χ0v) is 16.4. The molecule has 2 aromatic heterocycles. The van der Waals surface area contributed by atoms with Crippen molar-refractivity contribution in [2.24, 2.45) is 5.92 Å². The summed E-state index contributed by atoms with van der Waals surface area (Å²) >= 11 is 2.36. The maximum Gasteiger partial charge on any atom is 0.277 e. The molecule has 3 heterocycles. The molecule has 3 rings (SSSR count). The molecule has 0 N–H and O–H groups in total. The fraction of sp³-hybridized carbons (Fsp3) is 0.533. The van der Waals surface area contributed by atoms with Gasteiger partial charge in [-0.2, -0.15) is 5.26 Å². The van der Waals surface area contributed by atoms with Gasteiger partial charge in [-0.3, -0.25) is 4.79 Å². The number of aryl methyl sites for hydroxylation is 1. The second-order valence-electron chi connectivity index (χ2n) is 6.08. The first-order valence-corrected chi connectivity index (χ1v) is 11.5. The first-order valence-electron chi connectivity index (χ1n) is 7.86. The fourth-order valence-corrected chi connectivity index (χ4v) is 6.05. The summed E-state index contributed by atoms with van der Waals surface area (Å²) in [6.45, 7) is 1.81. The molecule has 2 atom stereocenters. The highest BCUT2D eigenvalue weighted by atomic mass is 32.2. The van der Waals surface area contributed by atoms with Crippen molar-refractivity contribution in [3.63, 3.8) is 0 Å². The number of carbonyl (C=O) groups excluding carboxylic acids is 1. The fourth-order valence-electron chi connectivity index (χ4n) is 2.64. The van der Waals surface area contributed by atoms with Gasteiger partial charge in [-0.05, 0) is 19.3 Å². The SMILES string of the molecule is Cc1csc(C(C#N)C(=O)CSc2nnc(CC3CCS(=O)(=O)C3)o2)n1. The van der Waals surface area contributed by atoms with Gasteiger partial charge < -0.3 is 4.42 Å². The molecule has 1 aliphatic heterocycles. The highest BCUT2D eigenvalue weighted by Gasteiger charge is 2.29. The molecule has 11 heteroatoms. The molecule has 1 fully saturated rings. The van der Waals surface area contributed by atoms with Crippen LogP contribution in [0.15, 0.2) is 15.0 Å². The minimum atomic E-state index is -2.94. The van der Waals surface area contributed by atoms with Crippen LogP contribution in [0.5, 0.6) is 0 Å². The summed E-state index contributed by atoms with van der Waals surface area (Å²) in [5, 5.41) is 19.6. The third-order valence-electron chi connectivity index (χ3n) is 3.91. The number of hydrogen-bond donors (Lipinski definition) is 0. The molecule has 1 aliphatic rings. The van der Waals surface area contributed by atoms with Gasteiger partial charge in [-0.25, -0.2) is 13.4 Å². The second kappa shape index (κ2) is 7.85. The second-order valence-corrected chi connectivity index (χ2v) is 10.1. The highest BCUT2D eigenvalue weighted by Crippen LogP contribution is 2.26. The van der Waals surface area contributed by atoms with E-state index < -0.39 is 15.8 Å². The van der Waals surface area contributed by atoms with Crippen molar-refractivity contribution >= 4 is 38.7 Å². The summed E-state index contributed by atoms with van der Waals surface area (Å²) < 4.78 is 28.5. The molecule has 26 heavy (non-hydrogen) atoms. The summed E-state index contributed by atoms with van der Waals surface area (Å²) in [5.74, 6) is -0.427. The van der Waals surface area contributed by atoms with E-state index in [1.54, 1.807) is 5.38 Å². The zero-order valence-electron chi connectivity index (χ0n) is 13.9. The topological polar surface area (TPSA) is 127 Å². The van der Waals surface area contributed by atoms with Crippen LogP contribution in [0.1, 0.15) is 28.9 Å². The van der Waals surface area contributed by atoms with Gasteiger partial charge >= 0.3 is 0 Å². The predicted molar refractivity (Wildman–Crippen MR) is 95.7 cm³/mol. The number of thioether (sulfide) groups is 1. The molecule has 8 nitrogen and oxygen atoms in total. The number of ketones is 1. The molecule has 0 radical (unpaired) electrons. The third-order valence-corrected chi connectivity index (χ3v) is 7.62. The Morgan fingerprint density at radius 2 is 2.35 bits per heavy atom.